The summed E-state index contributed by atoms with van der Waals surface area (Å²) in [6.45, 7) is 2.56. The number of ether oxygens (including phenoxy) is 1. The Kier molecular flexibility index (Phi) is 5.98. The van der Waals surface area contributed by atoms with Crippen molar-refractivity contribution < 1.29 is 9.53 Å². The quantitative estimate of drug-likeness (QED) is 0.628. The zero-order valence-electron chi connectivity index (χ0n) is 15.5. The van der Waals surface area contributed by atoms with E-state index in [4.69, 9.17) is 4.74 Å². The van der Waals surface area contributed by atoms with E-state index in [0.29, 0.717) is 28.8 Å². The van der Waals surface area contributed by atoms with Gasteiger partial charge in [0.2, 0.25) is 0 Å². The van der Waals surface area contributed by atoms with Gasteiger partial charge in [-0.15, -0.1) is 0 Å². The zero-order valence-corrected chi connectivity index (χ0v) is 15.5. The normalized spacial score (nSPS) is 12.1. The van der Waals surface area contributed by atoms with Crippen LogP contribution in [-0.2, 0) is 11.3 Å². The van der Waals surface area contributed by atoms with Gasteiger partial charge in [-0.1, -0.05) is 43.7 Å². The first-order chi connectivity index (χ1) is 13.1. The number of carbonyl (C=O) groups excluding carboxylic acids is 1. The highest BCUT2D eigenvalue weighted by atomic mass is 16.5. The fourth-order valence-corrected chi connectivity index (χ4v) is 3.10. The number of rotatable bonds is 7. The largest absolute Gasteiger partial charge is 0.465 e. The Morgan fingerprint density at radius 3 is 2.70 bits per heavy atom. The topological polar surface area (TPSA) is 84.1 Å². The minimum Gasteiger partial charge on any atom is -0.465 e. The molecule has 6 nitrogen and oxygen atoms in total. The van der Waals surface area contributed by atoms with Crippen LogP contribution in [0.5, 0.6) is 0 Å². The van der Waals surface area contributed by atoms with Crippen LogP contribution in [0.15, 0.2) is 53.3 Å². The van der Waals surface area contributed by atoms with Crippen LogP contribution in [0.2, 0.25) is 0 Å². The second-order valence-corrected chi connectivity index (χ2v) is 6.37. The highest BCUT2D eigenvalue weighted by Gasteiger charge is 2.12. The van der Waals surface area contributed by atoms with Gasteiger partial charge >= 0.3 is 5.97 Å². The van der Waals surface area contributed by atoms with Crippen LogP contribution in [0.25, 0.3) is 10.9 Å². The second-order valence-electron chi connectivity index (χ2n) is 6.37. The first-order valence-corrected chi connectivity index (χ1v) is 9.02. The SMILES string of the molecule is CCC[C@H](NCc1nc2cc(C(=O)OC)ccc2c(=O)[nH]1)c1ccccc1. The summed E-state index contributed by atoms with van der Waals surface area (Å²) in [5.74, 6) is 0.0808. The lowest BCUT2D eigenvalue weighted by Crippen LogP contribution is -2.24. The van der Waals surface area contributed by atoms with E-state index in [2.05, 4.69) is 34.3 Å². The van der Waals surface area contributed by atoms with Crippen LogP contribution in [0.1, 0.15) is 47.6 Å². The van der Waals surface area contributed by atoms with E-state index in [9.17, 15) is 9.59 Å². The maximum atomic E-state index is 12.4. The van der Waals surface area contributed by atoms with E-state index < -0.39 is 5.97 Å². The Hall–Kier alpha value is -2.99. The number of fused-ring (bicyclic) bond motifs is 1. The fourth-order valence-electron chi connectivity index (χ4n) is 3.10. The standard InChI is InChI=1S/C21H23N3O3/c1-3-7-17(14-8-5-4-6-9-14)22-13-19-23-18-12-15(21(26)27-2)10-11-16(18)20(25)24-19/h4-6,8-12,17,22H,3,7,13H2,1-2H3,(H,23,24,25)/t17-/m0/s1. The van der Waals surface area contributed by atoms with E-state index in [1.165, 1.54) is 12.7 Å². The van der Waals surface area contributed by atoms with Crippen LogP contribution in [0.4, 0.5) is 0 Å². The number of esters is 1. The van der Waals surface area contributed by atoms with Crippen LogP contribution in [0, 0.1) is 0 Å². The monoisotopic (exact) mass is 365 g/mol. The first kappa shape index (κ1) is 18.8. The average molecular weight is 365 g/mol. The molecule has 27 heavy (non-hydrogen) atoms. The molecule has 0 aliphatic rings. The van der Waals surface area contributed by atoms with Gasteiger partial charge in [0.05, 0.1) is 30.1 Å². The Morgan fingerprint density at radius 1 is 1.22 bits per heavy atom. The molecule has 1 atom stereocenters. The van der Waals surface area contributed by atoms with Gasteiger partial charge in [0.25, 0.3) is 5.56 Å². The predicted octanol–water partition coefficient (Wildman–Crippen LogP) is 3.34. The highest BCUT2D eigenvalue weighted by Crippen LogP contribution is 2.18. The Bertz CT molecular complexity index is 983. The van der Waals surface area contributed by atoms with E-state index in [0.717, 1.165) is 12.8 Å². The van der Waals surface area contributed by atoms with Crippen LogP contribution < -0.4 is 10.9 Å². The van der Waals surface area contributed by atoms with Crippen molar-refractivity contribution in [1.29, 1.82) is 0 Å². The van der Waals surface area contributed by atoms with Crippen molar-refractivity contribution in [3.05, 3.63) is 75.8 Å². The maximum absolute atomic E-state index is 12.4. The third-order valence-electron chi connectivity index (χ3n) is 4.47. The van der Waals surface area contributed by atoms with E-state index in [1.807, 2.05) is 18.2 Å². The molecule has 3 rings (SSSR count). The molecule has 0 aliphatic carbocycles. The number of hydrogen-bond donors (Lipinski definition) is 2. The van der Waals surface area contributed by atoms with Gasteiger partial charge in [-0.05, 0) is 30.2 Å². The van der Waals surface area contributed by atoms with E-state index in [-0.39, 0.29) is 11.6 Å². The number of hydrogen-bond acceptors (Lipinski definition) is 5. The highest BCUT2D eigenvalue weighted by molar-refractivity contribution is 5.93. The van der Waals surface area contributed by atoms with E-state index in [1.54, 1.807) is 18.2 Å². The minimum atomic E-state index is -0.453. The third-order valence-corrected chi connectivity index (χ3v) is 4.47. The summed E-state index contributed by atoms with van der Waals surface area (Å²) in [6.07, 6.45) is 2.02. The van der Waals surface area contributed by atoms with Gasteiger partial charge in [-0.3, -0.25) is 4.79 Å². The number of methoxy groups -OCH3 is 1. The Balaban J connectivity index is 1.85. The molecule has 2 N–H and O–H groups in total. The smallest absolute Gasteiger partial charge is 0.337 e. The van der Waals surface area contributed by atoms with Crippen molar-refractivity contribution in [1.82, 2.24) is 15.3 Å². The first-order valence-electron chi connectivity index (χ1n) is 9.02. The number of nitrogens with one attached hydrogen (secondary N) is 2. The van der Waals surface area contributed by atoms with Crippen molar-refractivity contribution in [3.63, 3.8) is 0 Å². The molecule has 0 amide bonds. The third kappa shape index (κ3) is 4.41. The molecule has 0 fully saturated rings. The van der Waals surface area contributed by atoms with Crippen molar-refractivity contribution in [2.45, 2.75) is 32.4 Å². The lowest BCUT2D eigenvalue weighted by Gasteiger charge is -2.18. The lowest BCUT2D eigenvalue weighted by molar-refractivity contribution is 0.0601. The molecular weight excluding hydrogens is 342 g/mol. The molecule has 0 saturated carbocycles. The molecule has 1 aromatic heterocycles. The summed E-state index contributed by atoms with van der Waals surface area (Å²) in [5.41, 5.74) is 1.83. The van der Waals surface area contributed by atoms with Crippen molar-refractivity contribution in [2.24, 2.45) is 0 Å². The van der Waals surface area contributed by atoms with Gasteiger partial charge in [-0.25, -0.2) is 9.78 Å². The molecule has 0 spiro atoms. The number of carbonyl (C=O) groups is 1. The molecule has 0 aliphatic heterocycles. The molecule has 3 aromatic rings. The summed E-state index contributed by atoms with van der Waals surface area (Å²) in [7, 11) is 1.32. The number of nitrogens with zero attached hydrogens (tertiary/aromatic N) is 1. The predicted molar refractivity (Wildman–Crippen MR) is 105 cm³/mol. The van der Waals surface area contributed by atoms with Gasteiger partial charge in [0.15, 0.2) is 0 Å². The average Bonchev–Trinajstić information content (AvgIpc) is 2.70. The van der Waals surface area contributed by atoms with Crippen molar-refractivity contribution in [2.75, 3.05) is 7.11 Å². The Morgan fingerprint density at radius 2 is 2.00 bits per heavy atom. The van der Waals surface area contributed by atoms with Gasteiger partial charge in [0.1, 0.15) is 5.82 Å². The van der Waals surface area contributed by atoms with Gasteiger partial charge in [-0.2, -0.15) is 0 Å². The molecule has 1 heterocycles. The summed E-state index contributed by atoms with van der Waals surface area (Å²) in [6, 6.07) is 15.1. The van der Waals surface area contributed by atoms with Crippen molar-refractivity contribution in [3.8, 4) is 0 Å². The fraction of sp³-hybridized carbons (Fsp3) is 0.286. The molecule has 0 bridgehead atoms. The van der Waals surface area contributed by atoms with Crippen molar-refractivity contribution >= 4 is 16.9 Å². The van der Waals surface area contributed by atoms with Crippen LogP contribution in [0.3, 0.4) is 0 Å². The van der Waals surface area contributed by atoms with Crippen LogP contribution >= 0.6 is 0 Å². The summed E-state index contributed by atoms with van der Waals surface area (Å²) in [4.78, 5) is 31.4. The number of aromatic amines is 1. The second kappa shape index (κ2) is 8.60. The molecule has 0 saturated heterocycles. The summed E-state index contributed by atoms with van der Waals surface area (Å²) < 4.78 is 4.74. The van der Waals surface area contributed by atoms with Crippen LogP contribution in [-0.4, -0.2) is 23.0 Å². The Labute approximate surface area is 157 Å². The summed E-state index contributed by atoms with van der Waals surface area (Å²) >= 11 is 0. The minimum absolute atomic E-state index is 0.179. The molecule has 2 aromatic carbocycles. The number of H-pyrrole nitrogens is 1. The van der Waals surface area contributed by atoms with E-state index >= 15 is 0 Å². The van der Waals surface area contributed by atoms with Gasteiger partial charge in [0, 0.05) is 6.04 Å². The number of aromatic nitrogens is 2. The lowest BCUT2D eigenvalue weighted by atomic mass is 10.0. The summed E-state index contributed by atoms with van der Waals surface area (Å²) in [5, 5.41) is 3.91. The molecule has 0 unspecified atom stereocenters. The zero-order chi connectivity index (χ0) is 19.2. The molecular formula is C21H23N3O3. The number of benzene rings is 2. The molecule has 0 radical (unpaired) electrons. The molecule has 140 valence electrons. The maximum Gasteiger partial charge on any atom is 0.337 e. The molecule has 6 heteroatoms. The van der Waals surface area contributed by atoms with Gasteiger partial charge < -0.3 is 15.0 Å².